The zero-order chi connectivity index (χ0) is 9.94. The van der Waals surface area contributed by atoms with Crippen LogP contribution in [0.5, 0.6) is 0 Å². The van der Waals surface area contributed by atoms with Gasteiger partial charge in [-0.25, -0.2) is 0 Å². The van der Waals surface area contributed by atoms with Gasteiger partial charge in [0, 0.05) is 23.0 Å². The molecule has 0 amide bonds. The van der Waals surface area contributed by atoms with Gasteiger partial charge in [0.15, 0.2) is 0 Å². The van der Waals surface area contributed by atoms with Crippen molar-refractivity contribution in [3.63, 3.8) is 0 Å². The van der Waals surface area contributed by atoms with E-state index < -0.39 is 0 Å². The molecule has 77 valence electrons. The van der Waals surface area contributed by atoms with Crippen LogP contribution < -0.4 is 0 Å². The molecule has 0 atom stereocenters. The lowest BCUT2D eigenvalue weighted by Crippen LogP contribution is -1.94. The molecular formula is C8H14ClOS3. The normalized spacial score (nSPS) is 10.3. The highest BCUT2D eigenvalue weighted by molar-refractivity contribution is 8.04. The number of thioether (sulfide) groups is 3. The highest BCUT2D eigenvalue weighted by Gasteiger charge is 1.95. The van der Waals surface area contributed by atoms with Gasteiger partial charge in [-0.3, -0.25) is 4.79 Å². The topological polar surface area (TPSA) is 17.1 Å². The molecule has 0 spiro atoms. The summed E-state index contributed by atoms with van der Waals surface area (Å²) in [6, 6.07) is 0. The van der Waals surface area contributed by atoms with Gasteiger partial charge < -0.3 is 0 Å². The summed E-state index contributed by atoms with van der Waals surface area (Å²) in [5.74, 6) is 5.86. The monoisotopic (exact) mass is 257 g/mol. The molecule has 0 aliphatic rings. The van der Waals surface area contributed by atoms with Crippen molar-refractivity contribution in [2.75, 3.05) is 34.5 Å². The summed E-state index contributed by atoms with van der Waals surface area (Å²) in [7, 11) is 0. The first-order chi connectivity index (χ1) is 6.27. The summed E-state index contributed by atoms with van der Waals surface area (Å²) in [6.07, 6.45) is 0. The van der Waals surface area contributed by atoms with Crippen molar-refractivity contribution in [1.29, 1.82) is 0 Å². The molecule has 0 fully saturated rings. The first-order valence-electron chi connectivity index (χ1n) is 3.98. The van der Waals surface area contributed by atoms with Gasteiger partial charge in [0.25, 0.3) is 0 Å². The number of halogens is 1. The molecule has 0 aliphatic carbocycles. The van der Waals surface area contributed by atoms with Crippen molar-refractivity contribution in [1.82, 2.24) is 0 Å². The molecule has 0 aromatic rings. The number of carbonyl (C=O) groups excluding carboxylic acids is 1. The van der Waals surface area contributed by atoms with Gasteiger partial charge in [-0.05, 0) is 24.3 Å². The second-order valence-electron chi connectivity index (χ2n) is 2.13. The molecule has 1 radical (unpaired) electrons. The van der Waals surface area contributed by atoms with Crippen LogP contribution in [0.15, 0.2) is 0 Å². The molecule has 1 nitrogen and oxygen atoms in total. The number of hydrogen-bond donors (Lipinski definition) is 0. The van der Waals surface area contributed by atoms with Gasteiger partial charge in [0.1, 0.15) is 0 Å². The molecule has 0 aromatic carbocycles. The van der Waals surface area contributed by atoms with Crippen molar-refractivity contribution in [3.8, 4) is 0 Å². The second kappa shape index (κ2) is 11.1. The second-order valence-corrected chi connectivity index (χ2v) is 6.11. The van der Waals surface area contributed by atoms with Crippen molar-refractivity contribution in [2.24, 2.45) is 0 Å². The zero-order valence-electron chi connectivity index (χ0n) is 7.46. The third kappa shape index (κ3) is 13.0. The largest absolute Gasteiger partial charge is 0.280 e. The van der Waals surface area contributed by atoms with Crippen LogP contribution in [-0.2, 0) is 4.79 Å². The Balaban J connectivity index is 2.87. The average Bonchev–Trinajstić information content (AvgIpc) is 2.09. The van der Waals surface area contributed by atoms with E-state index in [-0.39, 0.29) is 5.24 Å². The van der Waals surface area contributed by atoms with E-state index in [0.29, 0.717) is 5.75 Å². The Labute approximate surface area is 98.1 Å². The van der Waals surface area contributed by atoms with E-state index in [0.717, 1.165) is 17.3 Å². The van der Waals surface area contributed by atoms with E-state index in [1.165, 1.54) is 11.5 Å². The predicted molar refractivity (Wildman–Crippen MR) is 68.2 cm³/mol. The lowest BCUT2D eigenvalue weighted by Gasteiger charge is -1.99. The Kier molecular flexibility index (Phi) is 11.9. The highest BCUT2D eigenvalue weighted by atomic mass is 35.5. The molecule has 0 N–H and O–H groups in total. The maximum Gasteiger partial charge on any atom is 0.231 e. The minimum absolute atomic E-state index is 0.248. The number of hydrogen-bond acceptors (Lipinski definition) is 4. The molecule has 0 saturated heterocycles. The molecule has 5 heteroatoms. The van der Waals surface area contributed by atoms with Gasteiger partial charge in [0.05, 0.1) is 5.75 Å². The van der Waals surface area contributed by atoms with Crippen molar-refractivity contribution >= 4 is 52.1 Å². The van der Waals surface area contributed by atoms with E-state index in [4.69, 9.17) is 11.6 Å². The Hall–Kier alpha value is 1.01. The molecular weight excluding hydrogens is 244 g/mol. The van der Waals surface area contributed by atoms with E-state index >= 15 is 0 Å². The Morgan fingerprint density at radius 2 is 1.62 bits per heavy atom. The van der Waals surface area contributed by atoms with E-state index in [2.05, 4.69) is 6.92 Å². The van der Waals surface area contributed by atoms with Crippen LogP contribution in [0.3, 0.4) is 0 Å². The van der Waals surface area contributed by atoms with Crippen molar-refractivity contribution in [2.45, 2.75) is 0 Å². The summed E-state index contributed by atoms with van der Waals surface area (Å²) >= 11 is 10.6. The fourth-order valence-electron chi connectivity index (χ4n) is 0.592. The van der Waals surface area contributed by atoms with Gasteiger partial charge in [-0.2, -0.15) is 35.3 Å². The molecule has 0 aliphatic heterocycles. The first-order valence-corrected chi connectivity index (χ1v) is 7.82. The number of carbonyl (C=O) groups is 1. The standard InChI is InChI=1S/C8H14ClOS3/c1-2-11-3-4-12-5-6-13-7-8(9)10/h1-7H2. The quantitative estimate of drug-likeness (QED) is 0.467. The van der Waals surface area contributed by atoms with Crippen LogP contribution in [0.1, 0.15) is 0 Å². The average molecular weight is 258 g/mol. The maximum absolute atomic E-state index is 10.3. The summed E-state index contributed by atoms with van der Waals surface area (Å²) in [5, 5.41) is -0.248. The molecule has 0 aromatic heterocycles. The lowest BCUT2D eigenvalue weighted by atomic mass is 10.9. The fraction of sp³-hybridized carbons (Fsp3) is 0.750. The highest BCUT2D eigenvalue weighted by Crippen LogP contribution is 2.10. The van der Waals surface area contributed by atoms with Crippen molar-refractivity contribution in [3.05, 3.63) is 6.92 Å². The third-order valence-corrected chi connectivity index (χ3v) is 4.64. The van der Waals surface area contributed by atoms with Gasteiger partial charge in [-0.1, -0.05) is 0 Å². The minimum atomic E-state index is -0.248. The Bertz CT molecular complexity index is 133. The molecule has 0 rings (SSSR count). The summed E-state index contributed by atoms with van der Waals surface area (Å²) in [4.78, 5) is 10.3. The SMILES string of the molecule is [CH2]CSCCSCCSCC(=O)Cl. The van der Waals surface area contributed by atoms with Crippen LogP contribution in [0, 0.1) is 6.92 Å². The van der Waals surface area contributed by atoms with Crippen LogP contribution in [0.25, 0.3) is 0 Å². The van der Waals surface area contributed by atoms with Crippen molar-refractivity contribution < 1.29 is 4.79 Å². The lowest BCUT2D eigenvalue weighted by molar-refractivity contribution is -0.109. The molecule has 0 heterocycles. The van der Waals surface area contributed by atoms with E-state index in [1.807, 2.05) is 23.5 Å². The summed E-state index contributed by atoms with van der Waals surface area (Å²) in [6.45, 7) is 3.75. The Morgan fingerprint density at radius 3 is 2.15 bits per heavy atom. The summed E-state index contributed by atoms with van der Waals surface area (Å²) in [5.41, 5.74) is 0. The van der Waals surface area contributed by atoms with Gasteiger partial charge in [-0.15, -0.1) is 0 Å². The molecule has 13 heavy (non-hydrogen) atoms. The van der Waals surface area contributed by atoms with Crippen LogP contribution >= 0.6 is 46.9 Å². The smallest absolute Gasteiger partial charge is 0.231 e. The molecule has 0 unspecified atom stereocenters. The maximum atomic E-state index is 10.3. The molecule has 0 saturated carbocycles. The van der Waals surface area contributed by atoms with Crippen LogP contribution in [0.4, 0.5) is 0 Å². The van der Waals surface area contributed by atoms with E-state index in [9.17, 15) is 4.79 Å². The van der Waals surface area contributed by atoms with Gasteiger partial charge >= 0.3 is 0 Å². The van der Waals surface area contributed by atoms with Crippen LogP contribution in [-0.4, -0.2) is 39.8 Å². The first kappa shape index (κ1) is 14.0. The van der Waals surface area contributed by atoms with Gasteiger partial charge in [0.2, 0.25) is 5.24 Å². The zero-order valence-corrected chi connectivity index (χ0v) is 10.7. The van der Waals surface area contributed by atoms with Crippen LogP contribution in [0.2, 0.25) is 0 Å². The Morgan fingerprint density at radius 1 is 1.08 bits per heavy atom. The minimum Gasteiger partial charge on any atom is -0.280 e. The summed E-state index contributed by atoms with van der Waals surface area (Å²) < 4.78 is 0. The van der Waals surface area contributed by atoms with E-state index in [1.54, 1.807) is 11.8 Å². The number of rotatable bonds is 9. The third-order valence-electron chi connectivity index (χ3n) is 1.10. The fourth-order valence-corrected chi connectivity index (χ4v) is 3.42. The molecule has 0 bridgehead atoms. The predicted octanol–water partition coefficient (Wildman–Crippen LogP) is 2.79.